The number of likely N-dealkylation sites (tertiary alicyclic amines) is 1. The van der Waals surface area contributed by atoms with Crippen LogP contribution in [0, 0.1) is 11.7 Å². The molecule has 1 saturated heterocycles. The summed E-state index contributed by atoms with van der Waals surface area (Å²) < 4.78 is 27.9. The van der Waals surface area contributed by atoms with E-state index < -0.39 is 17.8 Å². The molecule has 1 aliphatic heterocycles. The monoisotopic (exact) mass is 457 g/mol. The molecule has 0 radical (unpaired) electrons. The van der Waals surface area contributed by atoms with E-state index in [1.54, 1.807) is 36.4 Å². The fourth-order valence-electron chi connectivity index (χ4n) is 3.49. The molecule has 2 heterocycles. The van der Waals surface area contributed by atoms with E-state index in [1.807, 2.05) is 6.07 Å². The standard InChI is InChI=1S/C23H24FN3O4S/c1-27-10-8-15(9-11-27)14-30-20-7-6-17(13-18(20)24)32-26-23(29)25-22(28)21-12-16-4-2-3-5-19(16)31-21/h2-7,12-13,15H,8-11,14H2,1H3,(H2,25,26,28,29). The van der Waals surface area contributed by atoms with Gasteiger partial charge in [-0.2, -0.15) is 0 Å². The summed E-state index contributed by atoms with van der Waals surface area (Å²) in [6, 6.07) is 12.5. The molecule has 4 rings (SSSR count). The molecule has 0 saturated carbocycles. The number of furan rings is 1. The van der Waals surface area contributed by atoms with E-state index in [4.69, 9.17) is 9.15 Å². The van der Waals surface area contributed by atoms with Crippen molar-refractivity contribution in [2.45, 2.75) is 17.7 Å². The second-order valence-electron chi connectivity index (χ2n) is 7.79. The zero-order chi connectivity index (χ0) is 22.5. The maximum atomic E-state index is 14.4. The number of piperidine rings is 1. The SMILES string of the molecule is CN1CCC(COc2ccc(SNC(=O)NC(=O)c3cc4ccccc4o3)cc2F)CC1. The number of ether oxygens (including phenoxy) is 1. The highest BCUT2D eigenvalue weighted by atomic mass is 32.2. The van der Waals surface area contributed by atoms with Crippen molar-refractivity contribution >= 4 is 34.9 Å². The lowest BCUT2D eigenvalue weighted by atomic mass is 9.98. The first-order valence-corrected chi connectivity index (χ1v) is 11.2. The highest BCUT2D eigenvalue weighted by Crippen LogP contribution is 2.25. The van der Waals surface area contributed by atoms with E-state index in [9.17, 15) is 14.0 Å². The lowest BCUT2D eigenvalue weighted by Crippen LogP contribution is -2.36. The van der Waals surface area contributed by atoms with Crippen LogP contribution in [0.1, 0.15) is 23.4 Å². The van der Waals surface area contributed by atoms with Gasteiger partial charge in [-0.3, -0.25) is 14.8 Å². The average Bonchev–Trinajstić information content (AvgIpc) is 3.23. The van der Waals surface area contributed by atoms with Gasteiger partial charge in [-0.05, 0) is 81.2 Å². The predicted octanol–water partition coefficient (Wildman–Crippen LogP) is 4.44. The minimum Gasteiger partial charge on any atom is -0.490 e. The van der Waals surface area contributed by atoms with Crippen molar-refractivity contribution in [1.82, 2.24) is 14.9 Å². The van der Waals surface area contributed by atoms with E-state index in [2.05, 4.69) is 22.0 Å². The van der Waals surface area contributed by atoms with Crippen molar-refractivity contribution in [2.75, 3.05) is 26.7 Å². The number of benzene rings is 2. The number of halogens is 1. The quantitative estimate of drug-likeness (QED) is 0.533. The number of fused-ring (bicyclic) bond motifs is 1. The fraction of sp³-hybridized carbons (Fsp3) is 0.304. The minimum absolute atomic E-state index is 0.0310. The lowest BCUT2D eigenvalue weighted by Gasteiger charge is -2.28. The van der Waals surface area contributed by atoms with Crippen LogP contribution in [-0.2, 0) is 0 Å². The van der Waals surface area contributed by atoms with E-state index in [-0.39, 0.29) is 11.5 Å². The number of hydrogen-bond donors (Lipinski definition) is 2. The largest absolute Gasteiger partial charge is 0.490 e. The van der Waals surface area contributed by atoms with Crippen molar-refractivity contribution in [3.63, 3.8) is 0 Å². The molecule has 0 unspecified atom stereocenters. The molecule has 168 valence electrons. The third-order valence-electron chi connectivity index (χ3n) is 5.35. The topological polar surface area (TPSA) is 83.8 Å². The van der Waals surface area contributed by atoms with E-state index >= 15 is 0 Å². The number of nitrogens with one attached hydrogen (secondary N) is 2. The van der Waals surface area contributed by atoms with Gasteiger partial charge in [-0.25, -0.2) is 9.18 Å². The Hall–Kier alpha value is -3.04. The number of amides is 3. The lowest BCUT2D eigenvalue weighted by molar-refractivity contribution is 0.0940. The van der Waals surface area contributed by atoms with Gasteiger partial charge in [-0.15, -0.1) is 0 Å². The number of carbonyl (C=O) groups is 2. The molecule has 1 fully saturated rings. The Balaban J connectivity index is 1.25. The summed E-state index contributed by atoms with van der Waals surface area (Å²) >= 11 is 0.894. The van der Waals surface area contributed by atoms with Crippen LogP contribution in [0.2, 0.25) is 0 Å². The van der Waals surface area contributed by atoms with Crippen molar-refractivity contribution in [3.05, 3.63) is 60.1 Å². The van der Waals surface area contributed by atoms with Gasteiger partial charge in [0, 0.05) is 10.3 Å². The Kier molecular flexibility index (Phi) is 6.96. The first-order chi connectivity index (χ1) is 15.5. The molecule has 0 spiro atoms. The van der Waals surface area contributed by atoms with Crippen LogP contribution in [0.3, 0.4) is 0 Å². The van der Waals surface area contributed by atoms with Crippen LogP contribution in [-0.4, -0.2) is 43.6 Å². The molecule has 2 aromatic carbocycles. The molecule has 1 aromatic heterocycles. The summed E-state index contributed by atoms with van der Waals surface area (Å²) in [4.78, 5) is 27.0. The summed E-state index contributed by atoms with van der Waals surface area (Å²) in [5.41, 5.74) is 0.557. The Morgan fingerprint density at radius 2 is 1.97 bits per heavy atom. The zero-order valence-corrected chi connectivity index (χ0v) is 18.4. The molecule has 0 aliphatic carbocycles. The molecule has 3 amide bonds. The summed E-state index contributed by atoms with van der Waals surface area (Å²) in [6.07, 6.45) is 2.08. The van der Waals surface area contributed by atoms with Gasteiger partial charge in [0.25, 0.3) is 5.91 Å². The smallest absolute Gasteiger partial charge is 0.332 e. The molecule has 9 heteroatoms. The van der Waals surface area contributed by atoms with Gasteiger partial charge in [-0.1, -0.05) is 18.2 Å². The first kappa shape index (κ1) is 22.2. The molecule has 0 bridgehead atoms. The molecular weight excluding hydrogens is 433 g/mol. The van der Waals surface area contributed by atoms with Crippen molar-refractivity contribution in [3.8, 4) is 5.75 Å². The van der Waals surface area contributed by atoms with Crippen LogP contribution in [0.4, 0.5) is 9.18 Å². The van der Waals surface area contributed by atoms with Crippen LogP contribution in [0.25, 0.3) is 11.0 Å². The second-order valence-corrected chi connectivity index (χ2v) is 8.67. The number of urea groups is 1. The number of rotatable bonds is 6. The minimum atomic E-state index is -0.733. The Bertz CT molecular complexity index is 1080. The van der Waals surface area contributed by atoms with E-state index in [1.165, 1.54) is 6.07 Å². The first-order valence-electron chi connectivity index (χ1n) is 10.4. The number of carbonyl (C=O) groups excluding carboxylic acids is 2. The van der Waals surface area contributed by atoms with Gasteiger partial charge in [0.2, 0.25) is 0 Å². The molecule has 3 aromatic rings. The summed E-state index contributed by atoms with van der Waals surface area (Å²) in [5.74, 6) is -0.512. The maximum absolute atomic E-state index is 14.4. The second kappa shape index (κ2) is 10.1. The van der Waals surface area contributed by atoms with E-state index in [0.29, 0.717) is 23.0 Å². The van der Waals surface area contributed by atoms with Crippen LogP contribution in [0.15, 0.2) is 57.8 Å². The molecule has 7 nitrogen and oxygen atoms in total. The summed E-state index contributed by atoms with van der Waals surface area (Å²) in [7, 11) is 2.09. The number of nitrogens with zero attached hydrogens (tertiary/aromatic N) is 1. The van der Waals surface area contributed by atoms with Gasteiger partial charge in [0.1, 0.15) is 5.58 Å². The fourth-order valence-corrected chi connectivity index (χ4v) is 4.05. The van der Waals surface area contributed by atoms with Gasteiger partial charge >= 0.3 is 6.03 Å². The van der Waals surface area contributed by atoms with Gasteiger partial charge < -0.3 is 14.1 Å². The van der Waals surface area contributed by atoms with Crippen molar-refractivity contribution < 1.29 is 23.1 Å². The maximum Gasteiger partial charge on any atom is 0.332 e. The molecule has 1 aliphatic rings. The molecule has 0 atom stereocenters. The van der Waals surface area contributed by atoms with Crippen LogP contribution in [0.5, 0.6) is 5.75 Å². The predicted molar refractivity (Wildman–Crippen MR) is 120 cm³/mol. The van der Waals surface area contributed by atoms with E-state index in [0.717, 1.165) is 43.3 Å². The third kappa shape index (κ3) is 5.60. The average molecular weight is 458 g/mol. The molecular formula is C23H24FN3O4S. The van der Waals surface area contributed by atoms with Crippen LogP contribution >= 0.6 is 11.9 Å². The van der Waals surface area contributed by atoms with Gasteiger partial charge in [0.05, 0.1) is 6.61 Å². The number of hydrogen-bond acceptors (Lipinski definition) is 6. The number of para-hydroxylation sites is 1. The normalized spacial score (nSPS) is 14.9. The highest BCUT2D eigenvalue weighted by Gasteiger charge is 2.18. The van der Waals surface area contributed by atoms with Gasteiger partial charge in [0.15, 0.2) is 17.3 Å². The zero-order valence-electron chi connectivity index (χ0n) is 17.6. The summed E-state index contributed by atoms with van der Waals surface area (Å²) in [6.45, 7) is 2.54. The Morgan fingerprint density at radius 1 is 1.19 bits per heavy atom. The molecule has 32 heavy (non-hydrogen) atoms. The molecule has 2 N–H and O–H groups in total. The Labute approximate surface area is 189 Å². The summed E-state index contributed by atoms with van der Waals surface area (Å²) in [5, 5.41) is 2.95. The number of imide groups is 1. The van der Waals surface area contributed by atoms with Crippen molar-refractivity contribution in [2.24, 2.45) is 5.92 Å². The third-order valence-corrected chi connectivity index (χ3v) is 6.13. The van der Waals surface area contributed by atoms with Crippen molar-refractivity contribution in [1.29, 1.82) is 0 Å². The highest BCUT2D eigenvalue weighted by molar-refractivity contribution is 7.98. The Morgan fingerprint density at radius 3 is 2.72 bits per heavy atom. The van der Waals surface area contributed by atoms with Crippen LogP contribution < -0.4 is 14.8 Å².